The zero-order valence-corrected chi connectivity index (χ0v) is 9.88. The molecule has 0 aliphatic carbocycles. The van der Waals surface area contributed by atoms with Crippen LogP contribution in [0.25, 0.3) is 0 Å². The van der Waals surface area contributed by atoms with Crippen molar-refractivity contribution in [2.24, 2.45) is 0 Å². The number of hydrogen-bond acceptors (Lipinski definition) is 6. The van der Waals surface area contributed by atoms with E-state index in [9.17, 15) is 36.1 Å². The van der Waals surface area contributed by atoms with Gasteiger partial charge in [-0.3, -0.25) is 10.1 Å². The SMILES string of the molecule is O=[N+]([O-])c1cc(OC(F)(F)F)c(S(=O)(=O)Cl)nc1F. The summed E-state index contributed by atoms with van der Waals surface area (Å²) in [6.45, 7) is 0. The number of ether oxygens (including phenoxy) is 1. The van der Waals surface area contributed by atoms with Gasteiger partial charge in [0.25, 0.3) is 15.0 Å². The van der Waals surface area contributed by atoms with Gasteiger partial charge in [-0.05, 0) is 0 Å². The van der Waals surface area contributed by atoms with Crippen molar-refractivity contribution in [2.45, 2.75) is 11.4 Å². The second kappa shape index (κ2) is 4.77. The Labute approximate surface area is 106 Å². The number of nitrogens with zero attached hydrogens (tertiary/aromatic N) is 2. The predicted octanol–water partition coefficient (Wildman–Crippen LogP) is 1.96. The van der Waals surface area contributed by atoms with Gasteiger partial charge in [-0.1, -0.05) is 0 Å². The summed E-state index contributed by atoms with van der Waals surface area (Å²) in [4.78, 5) is 11.4. The van der Waals surface area contributed by atoms with Gasteiger partial charge in [-0.25, -0.2) is 8.42 Å². The van der Waals surface area contributed by atoms with Gasteiger partial charge >= 0.3 is 12.0 Å². The minimum Gasteiger partial charge on any atom is -0.402 e. The van der Waals surface area contributed by atoms with Crippen LogP contribution < -0.4 is 4.74 Å². The van der Waals surface area contributed by atoms with Crippen LogP contribution in [0.3, 0.4) is 0 Å². The van der Waals surface area contributed by atoms with E-state index in [0.29, 0.717) is 0 Å². The Balaban J connectivity index is 3.56. The molecule has 1 heterocycles. The van der Waals surface area contributed by atoms with Crippen molar-refractivity contribution >= 4 is 25.4 Å². The summed E-state index contributed by atoms with van der Waals surface area (Å²) in [6, 6.07) is -0.0783. The first-order chi connectivity index (χ1) is 8.42. The second-order valence-electron chi connectivity index (χ2n) is 2.84. The van der Waals surface area contributed by atoms with Crippen LogP contribution >= 0.6 is 10.7 Å². The van der Waals surface area contributed by atoms with E-state index in [1.807, 2.05) is 0 Å². The molecule has 0 atom stereocenters. The molecule has 0 fully saturated rings. The summed E-state index contributed by atoms with van der Waals surface area (Å²) in [5.41, 5.74) is -1.50. The van der Waals surface area contributed by atoms with Crippen molar-refractivity contribution < 1.29 is 35.6 Å². The van der Waals surface area contributed by atoms with Gasteiger partial charge in [0.05, 0.1) is 11.0 Å². The van der Waals surface area contributed by atoms with E-state index < -0.39 is 42.7 Å². The maximum Gasteiger partial charge on any atom is 0.573 e. The molecule has 19 heavy (non-hydrogen) atoms. The van der Waals surface area contributed by atoms with E-state index in [-0.39, 0.29) is 6.07 Å². The highest BCUT2D eigenvalue weighted by Gasteiger charge is 2.36. The highest BCUT2D eigenvalue weighted by Crippen LogP contribution is 2.34. The van der Waals surface area contributed by atoms with E-state index >= 15 is 0 Å². The van der Waals surface area contributed by atoms with Gasteiger partial charge in [0.1, 0.15) is 0 Å². The maximum atomic E-state index is 13.0. The Kier molecular flexibility index (Phi) is 3.86. The van der Waals surface area contributed by atoms with Crippen LogP contribution in [0.5, 0.6) is 5.75 Å². The lowest BCUT2D eigenvalue weighted by Crippen LogP contribution is -2.19. The van der Waals surface area contributed by atoms with E-state index in [2.05, 4.69) is 9.72 Å². The standard InChI is InChI=1S/C6HClF4N2O5S/c7-19(16,17)5-3(18-6(9,10)11)1-2(13(14)15)4(8)12-5/h1H. The third-order valence-electron chi connectivity index (χ3n) is 1.54. The summed E-state index contributed by atoms with van der Waals surface area (Å²) in [7, 11) is -0.175. The van der Waals surface area contributed by atoms with Crippen LogP contribution in [0.15, 0.2) is 11.1 Å². The minimum absolute atomic E-state index is 0.0783. The molecular formula is C6HClF4N2O5S. The Bertz CT molecular complexity index is 631. The molecule has 1 aromatic rings. The molecule has 7 nitrogen and oxygen atoms in total. The van der Waals surface area contributed by atoms with Crippen molar-refractivity contribution in [3.05, 3.63) is 22.1 Å². The lowest BCUT2D eigenvalue weighted by molar-refractivity contribution is -0.388. The molecule has 0 aliphatic heterocycles. The molecule has 0 unspecified atom stereocenters. The summed E-state index contributed by atoms with van der Waals surface area (Å²) in [5, 5.41) is 8.69. The Hall–Kier alpha value is -1.69. The number of hydrogen-bond donors (Lipinski definition) is 0. The molecular weight excluding hydrogens is 324 g/mol. The van der Waals surface area contributed by atoms with E-state index in [1.165, 1.54) is 0 Å². The summed E-state index contributed by atoms with van der Waals surface area (Å²) >= 11 is 0. The van der Waals surface area contributed by atoms with Crippen LogP contribution in [-0.4, -0.2) is 24.7 Å². The van der Waals surface area contributed by atoms with Crippen LogP contribution in [-0.2, 0) is 9.05 Å². The normalized spacial score (nSPS) is 12.3. The van der Waals surface area contributed by atoms with Gasteiger partial charge in [0, 0.05) is 10.7 Å². The van der Waals surface area contributed by atoms with Crippen LogP contribution in [0.4, 0.5) is 23.2 Å². The van der Waals surface area contributed by atoms with Gasteiger partial charge in [-0.2, -0.15) is 9.37 Å². The van der Waals surface area contributed by atoms with Crippen LogP contribution in [0, 0.1) is 16.1 Å². The van der Waals surface area contributed by atoms with Gasteiger partial charge in [-0.15, -0.1) is 13.2 Å². The largest absolute Gasteiger partial charge is 0.573 e. The van der Waals surface area contributed by atoms with Gasteiger partial charge < -0.3 is 4.74 Å². The third-order valence-corrected chi connectivity index (χ3v) is 2.74. The summed E-state index contributed by atoms with van der Waals surface area (Å²) in [6.07, 6.45) is -5.37. The molecule has 0 aliphatic rings. The van der Waals surface area contributed by atoms with E-state index in [0.717, 1.165) is 0 Å². The molecule has 1 aromatic heterocycles. The quantitative estimate of drug-likeness (QED) is 0.277. The fraction of sp³-hybridized carbons (Fsp3) is 0.167. The zero-order valence-electron chi connectivity index (χ0n) is 8.31. The van der Waals surface area contributed by atoms with Crippen LogP contribution in [0.2, 0.25) is 0 Å². The smallest absolute Gasteiger partial charge is 0.402 e. The topological polar surface area (TPSA) is 99.4 Å². The lowest BCUT2D eigenvalue weighted by Gasteiger charge is -2.10. The molecule has 1 rings (SSSR count). The fourth-order valence-corrected chi connectivity index (χ4v) is 1.81. The van der Waals surface area contributed by atoms with Gasteiger partial charge in [0.15, 0.2) is 5.75 Å². The first kappa shape index (κ1) is 15.4. The number of nitro groups is 1. The second-order valence-corrected chi connectivity index (χ2v) is 5.33. The fourth-order valence-electron chi connectivity index (χ4n) is 0.947. The van der Waals surface area contributed by atoms with Gasteiger partial charge in [0.2, 0.25) is 5.03 Å². The monoisotopic (exact) mass is 324 g/mol. The molecule has 0 aromatic carbocycles. The zero-order chi connectivity index (χ0) is 15.0. The van der Waals surface area contributed by atoms with Crippen molar-refractivity contribution in [2.75, 3.05) is 0 Å². The highest BCUT2D eigenvalue weighted by atomic mass is 35.7. The maximum absolute atomic E-state index is 13.0. The summed E-state index contributed by atoms with van der Waals surface area (Å²) in [5.74, 6) is -3.52. The predicted molar refractivity (Wildman–Crippen MR) is 50.6 cm³/mol. The number of rotatable bonds is 3. The summed E-state index contributed by atoms with van der Waals surface area (Å²) < 4.78 is 74.0. The average molecular weight is 325 g/mol. The first-order valence-electron chi connectivity index (χ1n) is 3.97. The Morgan fingerprint density at radius 2 is 1.95 bits per heavy atom. The Morgan fingerprint density at radius 3 is 2.32 bits per heavy atom. The molecule has 0 spiro atoms. The molecule has 0 N–H and O–H groups in total. The number of pyridine rings is 1. The molecule has 0 saturated heterocycles. The van der Waals surface area contributed by atoms with Crippen LogP contribution in [0.1, 0.15) is 0 Å². The average Bonchev–Trinajstić information content (AvgIpc) is 2.15. The van der Waals surface area contributed by atoms with Crippen molar-refractivity contribution in [1.29, 1.82) is 0 Å². The number of alkyl halides is 3. The molecule has 0 radical (unpaired) electrons. The van der Waals surface area contributed by atoms with E-state index in [1.54, 1.807) is 0 Å². The lowest BCUT2D eigenvalue weighted by atomic mass is 10.4. The third kappa shape index (κ3) is 3.89. The van der Waals surface area contributed by atoms with Crippen molar-refractivity contribution in [3.8, 4) is 5.75 Å². The molecule has 13 heteroatoms. The molecule has 0 saturated carbocycles. The molecule has 106 valence electrons. The van der Waals surface area contributed by atoms with E-state index in [4.69, 9.17) is 10.7 Å². The first-order valence-corrected chi connectivity index (χ1v) is 6.28. The molecule has 0 amide bonds. The highest BCUT2D eigenvalue weighted by molar-refractivity contribution is 8.13. The van der Waals surface area contributed by atoms with Crippen molar-refractivity contribution in [3.63, 3.8) is 0 Å². The Morgan fingerprint density at radius 1 is 1.42 bits per heavy atom. The number of halogens is 5. The minimum atomic E-state index is -5.37. The van der Waals surface area contributed by atoms with Crippen molar-refractivity contribution in [1.82, 2.24) is 4.98 Å². The molecule has 0 bridgehead atoms. The number of aromatic nitrogens is 1.